The highest BCUT2D eigenvalue weighted by atomic mass is 19.4. The topological polar surface area (TPSA) is 78.1 Å². The van der Waals surface area contributed by atoms with Crippen molar-refractivity contribution >= 4 is 17.3 Å². The van der Waals surface area contributed by atoms with Gasteiger partial charge < -0.3 is 14.2 Å². The molecule has 1 aromatic carbocycles. The summed E-state index contributed by atoms with van der Waals surface area (Å²) in [5.74, 6) is -1.07. The number of imidazole rings is 1. The maximum Gasteiger partial charge on any atom is 0.406 e. The number of fused-ring (bicyclic) bond motifs is 1. The van der Waals surface area contributed by atoms with E-state index in [0.29, 0.717) is 22.8 Å². The molecule has 1 aliphatic carbocycles. The fourth-order valence-electron chi connectivity index (χ4n) is 4.79. The Hall–Kier alpha value is -3.96. The average Bonchev–Trinajstić information content (AvgIpc) is 3.49. The van der Waals surface area contributed by atoms with Crippen molar-refractivity contribution in [2.45, 2.75) is 44.3 Å². The Kier molecular flexibility index (Phi) is 6.34. The zero-order valence-electron chi connectivity index (χ0n) is 20.1. The van der Waals surface area contributed by atoms with Crippen LogP contribution in [0.1, 0.15) is 41.8 Å². The first-order valence-corrected chi connectivity index (χ1v) is 11.7. The van der Waals surface area contributed by atoms with Gasteiger partial charge in [-0.3, -0.25) is 4.79 Å². The first-order chi connectivity index (χ1) is 17.6. The lowest BCUT2D eigenvalue weighted by atomic mass is 9.95. The van der Waals surface area contributed by atoms with Crippen molar-refractivity contribution < 1.29 is 27.1 Å². The average molecular weight is 516 g/mol. The molecule has 3 heterocycles. The lowest BCUT2D eigenvalue weighted by molar-refractivity contribution is -0.134. The number of aromatic nitrogens is 5. The monoisotopic (exact) mass is 516 g/mol. The number of carbonyl (C=O) groups excluding carboxylic acids is 1. The maximum absolute atomic E-state index is 14.5. The summed E-state index contributed by atoms with van der Waals surface area (Å²) in [6.07, 6.45) is 5.05. The number of ether oxygens (including phenoxy) is 1. The van der Waals surface area contributed by atoms with Gasteiger partial charge in [0.05, 0.1) is 36.2 Å². The van der Waals surface area contributed by atoms with Crippen molar-refractivity contribution in [3.05, 3.63) is 77.6 Å². The summed E-state index contributed by atoms with van der Waals surface area (Å²) in [5.41, 5.74) is 2.23. The van der Waals surface area contributed by atoms with Crippen molar-refractivity contribution in [1.29, 1.82) is 0 Å². The first kappa shape index (κ1) is 24.7. The fraction of sp³-hybridized carbons (Fsp3) is 0.360. The molecule has 0 saturated heterocycles. The van der Waals surface area contributed by atoms with Gasteiger partial charge in [0, 0.05) is 23.9 Å². The summed E-state index contributed by atoms with van der Waals surface area (Å²) in [6.45, 7) is 0.360. The van der Waals surface area contributed by atoms with Crippen molar-refractivity contribution in [2.24, 2.45) is 0 Å². The molecule has 8 nitrogen and oxygen atoms in total. The summed E-state index contributed by atoms with van der Waals surface area (Å²) in [5, 5.41) is 8.31. The molecule has 12 heteroatoms. The van der Waals surface area contributed by atoms with Gasteiger partial charge in [-0.2, -0.15) is 13.2 Å². The van der Waals surface area contributed by atoms with Gasteiger partial charge in [-0.25, -0.2) is 14.1 Å². The van der Waals surface area contributed by atoms with Crippen LogP contribution in [0.2, 0.25) is 0 Å². The standard InChI is InChI=1S/C25H24F4N6O2/c1-15-11-33(14-30-15)21-8-6-16(10-23(21)37-2)19-12-35(32-31-19)22-9-7-17-18(26)4-3-5-20(17)34(24(22)36)13-25(27,28)29/h3-5,8,10-12,14,16,22H,6-7,9,13H2,1-2H3/t16?,22-/m1/s1. The van der Waals surface area contributed by atoms with Crippen LogP contribution in [0.25, 0.3) is 5.70 Å². The summed E-state index contributed by atoms with van der Waals surface area (Å²) in [4.78, 5) is 18.2. The lowest BCUT2D eigenvalue weighted by Gasteiger charge is -2.26. The lowest BCUT2D eigenvalue weighted by Crippen LogP contribution is -2.42. The minimum absolute atomic E-state index is 0.0717. The van der Waals surface area contributed by atoms with Crippen LogP contribution in [0.3, 0.4) is 0 Å². The zero-order valence-corrected chi connectivity index (χ0v) is 20.1. The Labute approximate surface area is 209 Å². The van der Waals surface area contributed by atoms with E-state index >= 15 is 0 Å². The summed E-state index contributed by atoms with van der Waals surface area (Å²) in [6, 6.07) is 2.75. The molecule has 1 aliphatic heterocycles. The summed E-state index contributed by atoms with van der Waals surface area (Å²) in [7, 11) is 1.55. The Morgan fingerprint density at radius 2 is 2.03 bits per heavy atom. The molecule has 2 atom stereocenters. The number of aryl methyl sites for hydroxylation is 1. The molecule has 1 unspecified atom stereocenters. The second kappa shape index (κ2) is 9.49. The largest absolute Gasteiger partial charge is 0.495 e. The molecule has 0 saturated carbocycles. The molecule has 5 rings (SSSR count). The Balaban J connectivity index is 1.42. The van der Waals surface area contributed by atoms with Gasteiger partial charge in [0.1, 0.15) is 24.2 Å². The summed E-state index contributed by atoms with van der Waals surface area (Å²) >= 11 is 0. The highest BCUT2D eigenvalue weighted by molar-refractivity contribution is 5.97. The van der Waals surface area contributed by atoms with E-state index in [-0.39, 0.29) is 30.0 Å². The normalized spacial score (nSPS) is 20.3. The molecule has 37 heavy (non-hydrogen) atoms. The Morgan fingerprint density at radius 1 is 1.22 bits per heavy atom. The first-order valence-electron chi connectivity index (χ1n) is 11.7. The van der Waals surface area contributed by atoms with Gasteiger partial charge in [-0.1, -0.05) is 17.4 Å². The van der Waals surface area contributed by atoms with Crippen LogP contribution >= 0.6 is 0 Å². The molecule has 0 fully saturated rings. The number of alkyl halides is 3. The molecule has 0 bridgehead atoms. The molecule has 0 radical (unpaired) electrons. The third-order valence-electron chi connectivity index (χ3n) is 6.55. The zero-order chi connectivity index (χ0) is 26.3. The smallest absolute Gasteiger partial charge is 0.406 e. The van der Waals surface area contributed by atoms with E-state index in [1.165, 1.54) is 22.9 Å². The van der Waals surface area contributed by atoms with Crippen molar-refractivity contribution in [2.75, 3.05) is 18.6 Å². The molecule has 2 aromatic heterocycles. The molecule has 3 aromatic rings. The van der Waals surface area contributed by atoms with Crippen LogP contribution in [0, 0.1) is 12.7 Å². The molecule has 0 N–H and O–H groups in total. The highest BCUT2D eigenvalue weighted by Gasteiger charge is 2.40. The number of halogens is 4. The second-order valence-electron chi connectivity index (χ2n) is 9.04. The van der Waals surface area contributed by atoms with E-state index in [0.717, 1.165) is 11.4 Å². The van der Waals surface area contributed by atoms with E-state index < -0.39 is 30.5 Å². The number of nitrogens with zero attached hydrogens (tertiary/aromatic N) is 6. The van der Waals surface area contributed by atoms with Crippen LogP contribution in [0.5, 0.6) is 0 Å². The second-order valence-corrected chi connectivity index (χ2v) is 9.04. The molecule has 1 amide bonds. The van der Waals surface area contributed by atoms with E-state index in [1.54, 1.807) is 19.6 Å². The van der Waals surface area contributed by atoms with E-state index in [1.807, 2.05) is 29.8 Å². The number of carbonyl (C=O) groups is 1. The number of anilines is 1. The van der Waals surface area contributed by atoms with Crippen LogP contribution in [-0.4, -0.2) is 50.3 Å². The number of amides is 1. The molecule has 0 spiro atoms. The van der Waals surface area contributed by atoms with Crippen LogP contribution < -0.4 is 4.90 Å². The van der Waals surface area contributed by atoms with Gasteiger partial charge in [0.15, 0.2) is 0 Å². The number of rotatable bonds is 5. The van der Waals surface area contributed by atoms with E-state index in [4.69, 9.17) is 4.74 Å². The third kappa shape index (κ3) is 4.87. The van der Waals surface area contributed by atoms with E-state index in [2.05, 4.69) is 15.3 Å². The Bertz CT molecular complexity index is 1390. The maximum atomic E-state index is 14.5. The molecular formula is C25H24F4N6O2. The van der Waals surface area contributed by atoms with Crippen LogP contribution in [0.15, 0.2) is 54.8 Å². The Morgan fingerprint density at radius 3 is 2.73 bits per heavy atom. The van der Waals surface area contributed by atoms with Gasteiger partial charge in [-0.05, 0) is 44.4 Å². The van der Waals surface area contributed by atoms with Gasteiger partial charge in [-0.15, -0.1) is 5.10 Å². The molecule has 194 valence electrons. The quantitative estimate of drug-likeness (QED) is 0.465. The fourth-order valence-corrected chi connectivity index (χ4v) is 4.79. The molecular weight excluding hydrogens is 492 g/mol. The minimum atomic E-state index is -4.66. The summed E-state index contributed by atoms with van der Waals surface area (Å²) < 4.78 is 63.4. The van der Waals surface area contributed by atoms with Gasteiger partial charge >= 0.3 is 6.18 Å². The SMILES string of the molecule is COC1=CC(c2cn([C@@H]3CCc4c(F)cccc4N(CC(F)(F)F)C3=O)nn2)CC=C1n1cnc(C)c1. The number of methoxy groups -OCH3 is 1. The van der Waals surface area contributed by atoms with Crippen molar-refractivity contribution in [1.82, 2.24) is 24.5 Å². The predicted molar refractivity (Wildman–Crippen MR) is 126 cm³/mol. The number of allylic oxidation sites excluding steroid dienone is 3. The molecule has 2 aliphatic rings. The number of benzene rings is 1. The predicted octanol–water partition coefficient (Wildman–Crippen LogP) is 4.56. The number of hydrogen-bond donors (Lipinski definition) is 0. The number of hydrogen-bond acceptors (Lipinski definition) is 5. The van der Waals surface area contributed by atoms with Crippen LogP contribution in [0.4, 0.5) is 23.2 Å². The van der Waals surface area contributed by atoms with Crippen molar-refractivity contribution in [3.8, 4) is 0 Å². The van der Waals surface area contributed by atoms with Gasteiger partial charge in [0.2, 0.25) is 0 Å². The van der Waals surface area contributed by atoms with Crippen LogP contribution in [-0.2, 0) is 16.0 Å². The highest BCUT2D eigenvalue weighted by Crippen LogP contribution is 2.36. The van der Waals surface area contributed by atoms with Crippen molar-refractivity contribution in [3.63, 3.8) is 0 Å². The minimum Gasteiger partial charge on any atom is -0.495 e. The van der Waals surface area contributed by atoms with E-state index in [9.17, 15) is 22.4 Å². The third-order valence-corrected chi connectivity index (χ3v) is 6.55. The van der Waals surface area contributed by atoms with Gasteiger partial charge in [0.25, 0.3) is 5.91 Å².